The zero-order valence-corrected chi connectivity index (χ0v) is 11.9. The molecule has 0 aliphatic rings. The predicted octanol–water partition coefficient (Wildman–Crippen LogP) is 3.66. The van der Waals surface area contributed by atoms with Gasteiger partial charge in [0.05, 0.1) is 12.6 Å². The molecule has 0 spiro atoms. The summed E-state index contributed by atoms with van der Waals surface area (Å²) >= 11 is 0. The first-order chi connectivity index (χ1) is 7.60. The van der Waals surface area contributed by atoms with Gasteiger partial charge in [-0.05, 0) is 13.5 Å². The standard InChI is InChI=1S/C8H17F2NO.2C2H6/c1-4-11(6-8(9)10)5-7(2)12-3;2*1-2/h7-8H,4-6H2,1-3H3;2*1-2H3. The average Bonchev–Trinajstić information content (AvgIpc) is 2.32. The molecule has 0 rings (SSSR count). The number of hydrogen-bond donors (Lipinski definition) is 0. The zero-order valence-electron chi connectivity index (χ0n) is 11.9. The fraction of sp³-hybridized carbons (Fsp3) is 1.00. The summed E-state index contributed by atoms with van der Waals surface area (Å²) in [6.45, 7) is 12.8. The maximum Gasteiger partial charge on any atom is 0.251 e. The summed E-state index contributed by atoms with van der Waals surface area (Å²) in [5, 5.41) is 0. The third-order valence-corrected chi connectivity index (χ3v) is 1.76. The maximum absolute atomic E-state index is 11.9. The minimum atomic E-state index is -2.26. The molecule has 16 heavy (non-hydrogen) atoms. The fourth-order valence-electron chi connectivity index (χ4n) is 0.966. The molecule has 0 radical (unpaired) electrons. The molecular weight excluding hydrogens is 212 g/mol. The molecule has 0 N–H and O–H groups in total. The van der Waals surface area contributed by atoms with E-state index in [4.69, 9.17) is 4.74 Å². The third-order valence-electron chi connectivity index (χ3n) is 1.76. The molecule has 0 fully saturated rings. The number of alkyl halides is 2. The van der Waals surface area contributed by atoms with E-state index >= 15 is 0 Å². The number of hydrogen-bond acceptors (Lipinski definition) is 2. The second-order valence-electron chi connectivity index (χ2n) is 2.79. The smallest absolute Gasteiger partial charge is 0.251 e. The van der Waals surface area contributed by atoms with Crippen molar-refractivity contribution in [3.05, 3.63) is 0 Å². The Kier molecular flexibility index (Phi) is 22.7. The number of nitrogens with zero attached hydrogens (tertiary/aromatic N) is 1. The molecule has 0 aromatic heterocycles. The van der Waals surface area contributed by atoms with Crippen LogP contribution in [-0.4, -0.2) is 44.2 Å². The quantitative estimate of drug-likeness (QED) is 0.703. The van der Waals surface area contributed by atoms with Crippen LogP contribution in [0, 0.1) is 0 Å². The number of halogens is 2. The number of rotatable bonds is 6. The monoisotopic (exact) mass is 241 g/mol. The van der Waals surface area contributed by atoms with Gasteiger partial charge in [-0.2, -0.15) is 0 Å². The van der Waals surface area contributed by atoms with E-state index in [1.54, 1.807) is 12.0 Å². The van der Waals surface area contributed by atoms with E-state index in [0.29, 0.717) is 13.1 Å². The Labute approximate surface area is 100.0 Å². The Morgan fingerprint density at radius 2 is 1.50 bits per heavy atom. The zero-order chi connectivity index (χ0) is 13.6. The molecular formula is C12H29F2NO. The van der Waals surface area contributed by atoms with Gasteiger partial charge >= 0.3 is 0 Å². The molecule has 0 aromatic carbocycles. The summed E-state index contributed by atoms with van der Waals surface area (Å²) in [6, 6.07) is 0. The lowest BCUT2D eigenvalue weighted by molar-refractivity contribution is 0.0437. The van der Waals surface area contributed by atoms with E-state index in [2.05, 4.69) is 0 Å². The first kappa shape index (κ1) is 21.1. The van der Waals surface area contributed by atoms with E-state index in [-0.39, 0.29) is 12.6 Å². The van der Waals surface area contributed by atoms with Crippen molar-refractivity contribution in [3.8, 4) is 0 Å². The van der Waals surface area contributed by atoms with Crippen LogP contribution >= 0.6 is 0 Å². The summed E-state index contributed by atoms with van der Waals surface area (Å²) in [6.07, 6.45) is -2.24. The summed E-state index contributed by atoms with van der Waals surface area (Å²) in [5.41, 5.74) is 0. The first-order valence-electron chi connectivity index (χ1n) is 6.13. The Balaban J connectivity index is -0.000000376. The molecule has 0 aliphatic heterocycles. The molecule has 1 unspecified atom stereocenters. The minimum absolute atomic E-state index is 0.0173. The Bertz CT molecular complexity index is 113. The molecule has 0 amide bonds. The molecule has 102 valence electrons. The highest BCUT2D eigenvalue weighted by Gasteiger charge is 2.12. The van der Waals surface area contributed by atoms with Crippen LogP contribution < -0.4 is 0 Å². The SMILES string of the molecule is CC.CC.CCN(CC(F)F)CC(C)OC. The van der Waals surface area contributed by atoms with Crippen molar-refractivity contribution in [2.45, 2.75) is 54.1 Å². The molecule has 0 heterocycles. The van der Waals surface area contributed by atoms with Crippen molar-refractivity contribution in [2.24, 2.45) is 0 Å². The summed E-state index contributed by atoms with van der Waals surface area (Å²) in [7, 11) is 1.58. The Morgan fingerprint density at radius 1 is 1.06 bits per heavy atom. The Hall–Kier alpha value is -0.220. The van der Waals surface area contributed by atoms with Crippen molar-refractivity contribution in [1.82, 2.24) is 4.90 Å². The van der Waals surface area contributed by atoms with Crippen molar-refractivity contribution >= 4 is 0 Å². The third kappa shape index (κ3) is 16.2. The van der Waals surface area contributed by atoms with Crippen LogP contribution in [0.15, 0.2) is 0 Å². The molecule has 0 saturated heterocycles. The van der Waals surface area contributed by atoms with Gasteiger partial charge in [-0.3, -0.25) is 4.90 Å². The van der Waals surface area contributed by atoms with Crippen LogP contribution in [0.2, 0.25) is 0 Å². The van der Waals surface area contributed by atoms with Gasteiger partial charge in [0.1, 0.15) is 0 Å². The van der Waals surface area contributed by atoms with Gasteiger partial charge in [0.25, 0.3) is 6.43 Å². The van der Waals surface area contributed by atoms with Crippen LogP contribution in [0.3, 0.4) is 0 Å². The molecule has 0 bridgehead atoms. The minimum Gasteiger partial charge on any atom is -0.380 e. The van der Waals surface area contributed by atoms with Crippen molar-refractivity contribution in [1.29, 1.82) is 0 Å². The first-order valence-corrected chi connectivity index (χ1v) is 6.13. The second kappa shape index (κ2) is 17.2. The van der Waals surface area contributed by atoms with Gasteiger partial charge in [0.15, 0.2) is 0 Å². The van der Waals surface area contributed by atoms with Crippen molar-refractivity contribution in [3.63, 3.8) is 0 Å². The lowest BCUT2D eigenvalue weighted by atomic mass is 10.3. The molecule has 0 aliphatic carbocycles. The molecule has 0 saturated carbocycles. The Morgan fingerprint density at radius 3 is 1.75 bits per heavy atom. The normalized spacial score (nSPS) is 11.4. The highest BCUT2D eigenvalue weighted by atomic mass is 19.3. The van der Waals surface area contributed by atoms with Gasteiger partial charge in [-0.1, -0.05) is 34.6 Å². The number of ether oxygens (including phenoxy) is 1. The summed E-state index contributed by atoms with van der Waals surface area (Å²) in [4.78, 5) is 1.68. The lowest BCUT2D eigenvalue weighted by Gasteiger charge is -2.22. The van der Waals surface area contributed by atoms with Gasteiger partial charge in [0.2, 0.25) is 0 Å². The van der Waals surface area contributed by atoms with E-state index in [1.807, 2.05) is 41.5 Å². The molecule has 1 atom stereocenters. The van der Waals surface area contributed by atoms with Gasteiger partial charge in [0, 0.05) is 13.7 Å². The van der Waals surface area contributed by atoms with Crippen LogP contribution in [-0.2, 0) is 4.74 Å². The second-order valence-corrected chi connectivity index (χ2v) is 2.79. The number of methoxy groups -OCH3 is 1. The van der Waals surface area contributed by atoms with Crippen LogP contribution in [0.25, 0.3) is 0 Å². The topological polar surface area (TPSA) is 12.5 Å². The lowest BCUT2D eigenvalue weighted by Crippen LogP contribution is -2.35. The molecule has 0 aromatic rings. The van der Waals surface area contributed by atoms with Crippen LogP contribution in [0.4, 0.5) is 8.78 Å². The van der Waals surface area contributed by atoms with Gasteiger partial charge < -0.3 is 4.74 Å². The summed E-state index contributed by atoms with van der Waals surface area (Å²) in [5.74, 6) is 0. The van der Waals surface area contributed by atoms with E-state index in [1.165, 1.54) is 0 Å². The summed E-state index contributed by atoms with van der Waals surface area (Å²) < 4.78 is 28.9. The average molecular weight is 241 g/mol. The highest BCUT2D eigenvalue weighted by Crippen LogP contribution is 2.00. The number of likely N-dealkylation sites (N-methyl/N-ethyl adjacent to an activating group) is 1. The molecule has 2 nitrogen and oxygen atoms in total. The van der Waals surface area contributed by atoms with E-state index < -0.39 is 6.43 Å². The predicted molar refractivity (Wildman–Crippen MR) is 67.3 cm³/mol. The van der Waals surface area contributed by atoms with E-state index in [0.717, 1.165) is 0 Å². The van der Waals surface area contributed by atoms with Gasteiger partial charge in [-0.15, -0.1) is 0 Å². The van der Waals surface area contributed by atoms with Crippen molar-refractivity contribution < 1.29 is 13.5 Å². The highest BCUT2D eigenvalue weighted by molar-refractivity contribution is 4.61. The molecule has 4 heteroatoms. The van der Waals surface area contributed by atoms with Crippen LogP contribution in [0.5, 0.6) is 0 Å². The van der Waals surface area contributed by atoms with Gasteiger partial charge in [-0.25, -0.2) is 8.78 Å². The van der Waals surface area contributed by atoms with Crippen molar-refractivity contribution in [2.75, 3.05) is 26.7 Å². The van der Waals surface area contributed by atoms with E-state index in [9.17, 15) is 8.78 Å². The fourth-order valence-corrected chi connectivity index (χ4v) is 0.966. The largest absolute Gasteiger partial charge is 0.380 e. The maximum atomic E-state index is 11.9. The van der Waals surface area contributed by atoms with Crippen LogP contribution in [0.1, 0.15) is 41.5 Å².